The Hall–Kier alpha value is -0.0800. The third kappa shape index (κ3) is 5.87. The Morgan fingerprint density at radius 2 is 2.00 bits per heavy atom. The number of likely N-dealkylation sites (tertiary alicyclic amines) is 1. The maximum atomic E-state index is 3.67. The van der Waals surface area contributed by atoms with E-state index < -0.39 is 0 Å². The lowest BCUT2D eigenvalue weighted by molar-refractivity contribution is 0.120. The van der Waals surface area contributed by atoms with E-state index in [9.17, 15) is 0 Å². The molecular weight excluding hydrogens is 208 g/mol. The summed E-state index contributed by atoms with van der Waals surface area (Å²) in [5.41, 5.74) is 0.469. The van der Waals surface area contributed by atoms with Gasteiger partial charge in [-0.25, -0.2) is 0 Å². The summed E-state index contributed by atoms with van der Waals surface area (Å²) in [5.74, 6) is 0. The number of hydrogen-bond acceptors (Lipinski definition) is 2. The van der Waals surface area contributed by atoms with Crippen LogP contribution in [0.5, 0.6) is 0 Å². The molecule has 17 heavy (non-hydrogen) atoms. The maximum Gasteiger partial charge on any atom is 0.00940 e. The fraction of sp³-hybridized carbons (Fsp3) is 1.00. The lowest BCUT2D eigenvalue weighted by atomic mass is 9.90. The van der Waals surface area contributed by atoms with E-state index in [1.54, 1.807) is 0 Å². The molecule has 1 N–H and O–H groups in total. The number of nitrogens with one attached hydrogen (secondary N) is 1. The minimum atomic E-state index is 0.469. The molecule has 2 unspecified atom stereocenters. The van der Waals surface area contributed by atoms with Crippen LogP contribution in [0.3, 0.4) is 0 Å². The first-order valence-electron chi connectivity index (χ1n) is 7.40. The Labute approximate surface area is 108 Å². The molecule has 0 spiro atoms. The minimum absolute atomic E-state index is 0.469. The molecule has 2 nitrogen and oxygen atoms in total. The van der Waals surface area contributed by atoms with Gasteiger partial charge in [0.25, 0.3) is 0 Å². The third-order valence-electron chi connectivity index (χ3n) is 3.85. The van der Waals surface area contributed by atoms with Crippen molar-refractivity contribution in [1.82, 2.24) is 10.2 Å². The van der Waals surface area contributed by atoms with Crippen LogP contribution in [-0.2, 0) is 0 Å². The van der Waals surface area contributed by atoms with Crippen molar-refractivity contribution in [3.63, 3.8) is 0 Å². The van der Waals surface area contributed by atoms with Gasteiger partial charge in [-0.3, -0.25) is 0 Å². The summed E-state index contributed by atoms with van der Waals surface area (Å²) in [4.78, 5) is 2.68. The molecule has 1 aliphatic rings. The van der Waals surface area contributed by atoms with Crippen molar-refractivity contribution in [3.8, 4) is 0 Å². The Morgan fingerprint density at radius 3 is 2.53 bits per heavy atom. The average molecular weight is 240 g/mol. The Balaban J connectivity index is 2.27. The molecule has 2 atom stereocenters. The minimum Gasteiger partial charge on any atom is -0.314 e. The van der Waals surface area contributed by atoms with Crippen LogP contribution < -0.4 is 5.32 Å². The predicted molar refractivity (Wildman–Crippen MR) is 76.4 cm³/mol. The standard InChI is InChI=1S/C15H32N2/c1-6-9-16-14-7-10-17(13(2)12-14)11-8-15(3,4)5/h13-14,16H,6-12H2,1-5H3. The summed E-state index contributed by atoms with van der Waals surface area (Å²) in [6.45, 7) is 15.4. The topological polar surface area (TPSA) is 15.3 Å². The molecule has 0 aromatic rings. The first-order valence-corrected chi connectivity index (χ1v) is 7.40. The van der Waals surface area contributed by atoms with Crippen molar-refractivity contribution in [2.75, 3.05) is 19.6 Å². The van der Waals surface area contributed by atoms with Gasteiger partial charge in [-0.2, -0.15) is 0 Å². The molecule has 0 bridgehead atoms. The van der Waals surface area contributed by atoms with Crippen molar-refractivity contribution >= 4 is 0 Å². The van der Waals surface area contributed by atoms with Crippen molar-refractivity contribution in [2.45, 2.75) is 72.4 Å². The summed E-state index contributed by atoms with van der Waals surface area (Å²) >= 11 is 0. The Kier molecular flexibility index (Phi) is 5.94. The van der Waals surface area contributed by atoms with Gasteiger partial charge in [-0.1, -0.05) is 27.7 Å². The van der Waals surface area contributed by atoms with Crippen molar-refractivity contribution < 1.29 is 0 Å². The lowest BCUT2D eigenvalue weighted by Gasteiger charge is -2.39. The van der Waals surface area contributed by atoms with E-state index in [0.29, 0.717) is 5.41 Å². The largest absolute Gasteiger partial charge is 0.314 e. The molecule has 1 fully saturated rings. The zero-order chi connectivity index (χ0) is 12.9. The van der Waals surface area contributed by atoms with Gasteiger partial charge in [0.2, 0.25) is 0 Å². The van der Waals surface area contributed by atoms with Crippen LogP contribution in [-0.4, -0.2) is 36.6 Å². The van der Waals surface area contributed by atoms with Gasteiger partial charge < -0.3 is 10.2 Å². The fourth-order valence-electron chi connectivity index (χ4n) is 2.57. The van der Waals surface area contributed by atoms with Crippen molar-refractivity contribution in [2.24, 2.45) is 5.41 Å². The van der Waals surface area contributed by atoms with Crippen LogP contribution >= 0.6 is 0 Å². The van der Waals surface area contributed by atoms with E-state index in [1.165, 1.54) is 45.3 Å². The van der Waals surface area contributed by atoms with Gasteiger partial charge in [-0.05, 0) is 57.7 Å². The summed E-state index contributed by atoms with van der Waals surface area (Å²) in [7, 11) is 0. The molecule has 1 saturated heterocycles. The summed E-state index contributed by atoms with van der Waals surface area (Å²) in [6, 6.07) is 1.51. The quantitative estimate of drug-likeness (QED) is 0.793. The molecule has 0 aliphatic carbocycles. The molecule has 102 valence electrons. The van der Waals surface area contributed by atoms with Crippen molar-refractivity contribution in [1.29, 1.82) is 0 Å². The normalized spacial score (nSPS) is 27.4. The molecule has 1 aliphatic heterocycles. The Bertz CT molecular complexity index is 207. The Morgan fingerprint density at radius 1 is 1.29 bits per heavy atom. The van der Waals surface area contributed by atoms with Gasteiger partial charge >= 0.3 is 0 Å². The highest BCUT2D eigenvalue weighted by molar-refractivity contribution is 4.83. The molecule has 1 heterocycles. The second-order valence-electron chi connectivity index (χ2n) is 6.87. The SMILES string of the molecule is CCCNC1CCN(CCC(C)(C)C)C(C)C1. The fourth-order valence-corrected chi connectivity index (χ4v) is 2.57. The smallest absolute Gasteiger partial charge is 0.00940 e. The van der Waals surface area contributed by atoms with Gasteiger partial charge in [-0.15, -0.1) is 0 Å². The third-order valence-corrected chi connectivity index (χ3v) is 3.85. The van der Waals surface area contributed by atoms with Crippen molar-refractivity contribution in [3.05, 3.63) is 0 Å². The molecule has 0 aromatic heterocycles. The second-order valence-corrected chi connectivity index (χ2v) is 6.87. The zero-order valence-corrected chi connectivity index (χ0v) is 12.6. The molecule has 2 heteroatoms. The number of hydrogen-bond donors (Lipinski definition) is 1. The highest BCUT2D eigenvalue weighted by Gasteiger charge is 2.25. The van der Waals surface area contributed by atoms with E-state index in [0.717, 1.165) is 12.1 Å². The second kappa shape index (κ2) is 6.75. The van der Waals surface area contributed by atoms with E-state index >= 15 is 0 Å². The number of piperidine rings is 1. The van der Waals surface area contributed by atoms with Gasteiger partial charge in [0.15, 0.2) is 0 Å². The van der Waals surface area contributed by atoms with Crippen LogP contribution in [0.4, 0.5) is 0 Å². The highest BCUT2D eigenvalue weighted by atomic mass is 15.2. The van der Waals surface area contributed by atoms with Gasteiger partial charge in [0, 0.05) is 12.1 Å². The van der Waals surface area contributed by atoms with Crippen LogP contribution in [0.25, 0.3) is 0 Å². The monoisotopic (exact) mass is 240 g/mol. The van der Waals surface area contributed by atoms with Crippen LogP contribution in [0.2, 0.25) is 0 Å². The molecule has 0 radical (unpaired) electrons. The predicted octanol–water partition coefficient (Wildman–Crippen LogP) is 3.28. The molecule has 0 saturated carbocycles. The van der Waals surface area contributed by atoms with Crippen LogP contribution in [0.1, 0.15) is 60.3 Å². The van der Waals surface area contributed by atoms with E-state index in [2.05, 4.69) is 44.8 Å². The van der Waals surface area contributed by atoms with Gasteiger partial charge in [0.05, 0.1) is 0 Å². The van der Waals surface area contributed by atoms with E-state index in [1.807, 2.05) is 0 Å². The molecular formula is C15H32N2. The number of nitrogens with zero attached hydrogens (tertiary/aromatic N) is 1. The van der Waals surface area contributed by atoms with E-state index in [-0.39, 0.29) is 0 Å². The average Bonchev–Trinajstić information content (AvgIpc) is 2.23. The number of rotatable bonds is 5. The molecule has 0 aromatic carbocycles. The van der Waals surface area contributed by atoms with Crippen LogP contribution in [0, 0.1) is 5.41 Å². The lowest BCUT2D eigenvalue weighted by Crippen LogP contribution is -2.48. The maximum absolute atomic E-state index is 3.67. The van der Waals surface area contributed by atoms with E-state index in [4.69, 9.17) is 0 Å². The zero-order valence-electron chi connectivity index (χ0n) is 12.6. The van der Waals surface area contributed by atoms with Gasteiger partial charge in [0.1, 0.15) is 0 Å². The molecule has 1 rings (SSSR count). The summed E-state index contributed by atoms with van der Waals surface area (Å²) in [5, 5.41) is 3.67. The highest BCUT2D eigenvalue weighted by Crippen LogP contribution is 2.23. The van der Waals surface area contributed by atoms with Crippen LogP contribution in [0.15, 0.2) is 0 Å². The first-order chi connectivity index (χ1) is 7.92. The summed E-state index contributed by atoms with van der Waals surface area (Å²) in [6.07, 6.45) is 5.21. The summed E-state index contributed by atoms with van der Waals surface area (Å²) < 4.78 is 0. The first kappa shape index (κ1) is 15.0. The molecule has 0 amide bonds.